The second-order valence-corrected chi connectivity index (χ2v) is 9.06. The summed E-state index contributed by atoms with van der Waals surface area (Å²) in [6.07, 6.45) is 1.58. The van der Waals surface area contributed by atoms with Crippen molar-refractivity contribution in [2.75, 3.05) is 12.3 Å². The fourth-order valence-electron chi connectivity index (χ4n) is 3.14. The predicted octanol–water partition coefficient (Wildman–Crippen LogP) is 3.64. The Morgan fingerprint density at radius 2 is 2.03 bits per heavy atom. The number of alkyl carbamates (subject to hydrolysis) is 1. The quantitative estimate of drug-likeness (QED) is 0.334. The summed E-state index contributed by atoms with van der Waals surface area (Å²) in [4.78, 5) is 41.8. The number of aromatic amines is 2. The average molecular weight is 432 g/mol. The van der Waals surface area contributed by atoms with Crippen LogP contribution in [0.3, 0.4) is 0 Å². The third-order valence-corrected chi connectivity index (χ3v) is 5.34. The zero-order valence-corrected chi connectivity index (χ0v) is 17.9. The van der Waals surface area contributed by atoms with Gasteiger partial charge in [0.25, 0.3) is 5.56 Å². The summed E-state index contributed by atoms with van der Waals surface area (Å²) in [7, 11) is 0. The Morgan fingerprint density at radius 3 is 2.73 bits per heavy atom. The zero-order valence-electron chi connectivity index (χ0n) is 17.1. The highest BCUT2D eigenvalue weighted by Gasteiger charge is 2.16. The molecule has 8 nitrogen and oxygen atoms in total. The van der Waals surface area contributed by atoms with Crippen LogP contribution in [0.15, 0.2) is 34.1 Å². The first kappa shape index (κ1) is 21.8. The van der Waals surface area contributed by atoms with Crippen LogP contribution in [0, 0.1) is 0 Å². The molecule has 160 valence electrons. The smallest absolute Gasteiger partial charge is 0.407 e. The van der Waals surface area contributed by atoms with E-state index < -0.39 is 17.7 Å². The fourth-order valence-corrected chi connectivity index (χ4v) is 3.94. The van der Waals surface area contributed by atoms with Crippen molar-refractivity contribution in [3.8, 4) is 0 Å². The number of hydrogen-bond donors (Lipinski definition) is 4. The first-order chi connectivity index (χ1) is 14.1. The van der Waals surface area contributed by atoms with Gasteiger partial charge >= 0.3 is 12.1 Å². The van der Waals surface area contributed by atoms with Gasteiger partial charge in [0.15, 0.2) is 0 Å². The van der Waals surface area contributed by atoms with Crippen molar-refractivity contribution in [3.63, 3.8) is 0 Å². The van der Waals surface area contributed by atoms with Crippen LogP contribution < -0.4 is 10.9 Å². The maximum atomic E-state index is 12.3. The lowest BCUT2D eigenvalue weighted by Gasteiger charge is -2.19. The molecule has 0 aliphatic rings. The number of ether oxygens (including phenoxy) is 1. The predicted molar refractivity (Wildman–Crippen MR) is 117 cm³/mol. The van der Waals surface area contributed by atoms with Crippen molar-refractivity contribution in [1.82, 2.24) is 15.3 Å². The van der Waals surface area contributed by atoms with E-state index >= 15 is 0 Å². The fraction of sp³-hybridized carbons (Fsp3) is 0.381. The number of carbonyl (C=O) groups excluding carboxylic acids is 1. The minimum atomic E-state index is -0.882. The summed E-state index contributed by atoms with van der Waals surface area (Å²) >= 11 is 1.57. The maximum Gasteiger partial charge on any atom is 0.407 e. The van der Waals surface area contributed by atoms with Gasteiger partial charge in [-0.3, -0.25) is 9.59 Å². The number of thioether (sulfide) groups is 1. The van der Waals surface area contributed by atoms with Crippen molar-refractivity contribution in [2.45, 2.75) is 44.1 Å². The van der Waals surface area contributed by atoms with Gasteiger partial charge in [-0.2, -0.15) is 0 Å². The van der Waals surface area contributed by atoms with Gasteiger partial charge in [-0.15, -0.1) is 11.8 Å². The Morgan fingerprint density at radius 1 is 1.27 bits per heavy atom. The largest absolute Gasteiger partial charge is 0.481 e. The number of nitrogens with one attached hydrogen (secondary N) is 3. The number of hydrogen-bond acceptors (Lipinski definition) is 5. The number of amides is 1. The summed E-state index contributed by atoms with van der Waals surface area (Å²) in [6.45, 7) is 5.89. The topological polar surface area (TPSA) is 124 Å². The van der Waals surface area contributed by atoms with Gasteiger partial charge in [0.05, 0.1) is 0 Å². The van der Waals surface area contributed by atoms with Crippen LogP contribution in [-0.4, -0.2) is 45.0 Å². The van der Waals surface area contributed by atoms with Crippen LogP contribution >= 0.6 is 11.8 Å². The molecular formula is C21H25N3O5S. The number of benzene rings is 1. The molecule has 9 heteroatoms. The summed E-state index contributed by atoms with van der Waals surface area (Å²) in [5.74, 6) is -0.233. The number of rotatable bonds is 7. The molecule has 2 heterocycles. The van der Waals surface area contributed by atoms with Gasteiger partial charge in [0, 0.05) is 46.1 Å². The highest BCUT2D eigenvalue weighted by molar-refractivity contribution is 7.99. The Bertz CT molecular complexity index is 1140. The molecule has 0 atom stereocenters. The van der Waals surface area contributed by atoms with Gasteiger partial charge in [-0.05, 0) is 51.0 Å². The molecule has 0 radical (unpaired) electrons. The molecule has 1 aromatic carbocycles. The molecule has 0 aliphatic heterocycles. The van der Waals surface area contributed by atoms with Crippen LogP contribution in [0.5, 0.6) is 0 Å². The second-order valence-electron chi connectivity index (χ2n) is 7.90. The standard InChI is InChI=1S/C21H25N3O5S/c1-21(2,3)29-20(28)22-8-9-30-13-5-6-15-14(10-13)17-12(4-7-16(25)26)11-23-18(17)19(27)24-15/h5-6,10-11,23H,4,7-9H2,1-3H3,(H,22,28)(H,24,27)(H,25,26). The molecule has 2 aromatic heterocycles. The molecule has 1 amide bonds. The number of pyridine rings is 1. The highest BCUT2D eigenvalue weighted by atomic mass is 32.2. The molecule has 4 N–H and O–H groups in total. The number of fused-ring (bicyclic) bond motifs is 3. The van der Waals surface area contributed by atoms with Crippen molar-refractivity contribution >= 4 is 45.6 Å². The van der Waals surface area contributed by atoms with E-state index in [1.54, 1.807) is 18.0 Å². The van der Waals surface area contributed by atoms with Crippen molar-refractivity contribution in [1.29, 1.82) is 0 Å². The SMILES string of the molecule is CC(C)(C)OC(=O)NCCSc1ccc2[nH]c(=O)c3[nH]cc(CCC(=O)O)c3c2c1. The van der Waals surface area contributed by atoms with Crippen molar-refractivity contribution < 1.29 is 19.4 Å². The number of aliphatic carboxylic acids is 1. The summed E-state index contributed by atoms with van der Waals surface area (Å²) in [5.41, 5.74) is 1.17. The molecule has 0 saturated carbocycles. The van der Waals surface area contributed by atoms with Crippen LogP contribution in [0.25, 0.3) is 21.8 Å². The normalized spacial score (nSPS) is 11.7. The lowest BCUT2D eigenvalue weighted by molar-refractivity contribution is -0.136. The number of H-pyrrole nitrogens is 2. The number of carboxylic acid groups (broad SMARTS) is 1. The van der Waals surface area contributed by atoms with Gasteiger partial charge in [0.2, 0.25) is 0 Å². The zero-order chi connectivity index (χ0) is 21.9. The molecule has 0 spiro atoms. The van der Waals surface area contributed by atoms with E-state index in [1.807, 2.05) is 39.0 Å². The Labute approximate surface area is 177 Å². The van der Waals surface area contributed by atoms with E-state index in [0.29, 0.717) is 29.8 Å². The molecule has 0 bridgehead atoms. The number of aryl methyl sites for hydroxylation is 1. The monoisotopic (exact) mass is 431 g/mol. The third kappa shape index (κ3) is 5.35. The van der Waals surface area contributed by atoms with Crippen molar-refractivity contribution in [2.24, 2.45) is 0 Å². The van der Waals surface area contributed by atoms with Crippen LogP contribution in [0.4, 0.5) is 4.79 Å². The minimum Gasteiger partial charge on any atom is -0.481 e. The Kier molecular flexibility index (Phi) is 6.40. The van der Waals surface area contributed by atoms with Crippen LogP contribution in [-0.2, 0) is 16.0 Å². The molecule has 0 unspecified atom stereocenters. The second kappa shape index (κ2) is 8.83. The average Bonchev–Trinajstić information content (AvgIpc) is 3.07. The lowest BCUT2D eigenvalue weighted by Crippen LogP contribution is -2.33. The first-order valence-electron chi connectivity index (χ1n) is 9.61. The lowest BCUT2D eigenvalue weighted by atomic mass is 10.0. The van der Waals surface area contributed by atoms with E-state index in [2.05, 4.69) is 15.3 Å². The highest BCUT2D eigenvalue weighted by Crippen LogP contribution is 2.29. The van der Waals surface area contributed by atoms with E-state index in [9.17, 15) is 14.4 Å². The van der Waals surface area contributed by atoms with Crippen molar-refractivity contribution in [3.05, 3.63) is 40.3 Å². The van der Waals surface area contributed by atoms with E-state index in [0.717, 1.165) is 21.2 Å². The molecule has 30 heavy (non-hydrogen) atoms. The summed E-state index contributed by atoms with van der Waals surface area (Å²) in [5, 5.41) is 13.3. The first-order valence-corrected chi connectivity index (χ1v) is 10.6. The Hall–Kier alpha value is -2.94. The van der Waals surface area contributed by atoms with E-state index in [1.165, 1.54) is 0 Å². The molecular weight excluding hydrogens is 406 g/mol. The minimum absolute atomic E-state index is 0.00792. The van der Waals surface area contributed by atoms with Crippen LogP contribution in [0.1, 0.15) is 32.8 Å². The van der Waals surface area contributed by atoms with Gasteiger partial charge < -0.3 is 25.1 Å². The van der Waals surface area contributed by atoms with Gasteiger partial charge in [0.1, 0.15) is 11.1 Å². The number of carbonyl (C=O) groups is 2. The van der Waals surface area contributed by atoms with E-state index in [4.69, 9.17) is 9.84 Å². The van der Waals surface area contributed by atoms with Gasteiger partial charge in [-0.1, -0.05) is 0 Å². The summed E-state index contributed by atoms with van der Waals surface area (Å²) in [6, 6.07) is 5.73. The third-order valence-electron chi connectivity index (χ3n) is 4.34. The molecule has 0 saturated heterocycles. The Balaban J connectivity index is 1.77. The molecule has 0 aliphatic carbocycles. The summed E-state index contributed by atoms with van der Waals surface area (Å²) < 4.78 is 5.21. The van der Waals surface area contributed by atoms with E-state index in [-0.39, 0.29) is 12.0 Å². The number of aromatic nitrogens is 2. The molecule has 0 fully saturated rings. The number of carboxylic acids is 1. The maximum absolute atomic E-state index is 12.3. The van der Waals surface area contributed by atoms with Crippen LogP contribution in [0.2, 0.25) is 0 Å². The van der Waals surface area contributed by atoms with Gasteiger partial charge in [-0.25, -0.2) is 4.79 Å². The molecule has 3 aromatic rings. The molecule has 3 rings (SSSR count).